The van der Waals surface area contributed by atoms with E-state index in [-0.39, 0.29) is 24.0 Å². The lowest BCUT2D eigenvalue weighted by Gasteiger charge is -2.20. The second-order valence-corrected chi connectivity index (χ2v) is 12.3. The minimum absolute atomic E-state index is 0. The van der Waals surface area contributed by atoms with Crippen LogP contribution in [0.15, 0.2) is 142 Å². The van der Waals surface area contributed by atoms with Gasteiger partial charge < -0.3 is 42.6 Å². The van der Waals surface area contributed by atoms with E-state index in [0.29, 0.717) is 11.8 Å². The molecule has 9 rings (SSSR count). The number of rotatable bonds is 7. The highest BCUT2D eigenvalue weighted by atomic mass is 127. The van der Waals surface area contributed by atoms with Crippen molar-refractivity contribution in [3.63, 3.8) is 0 Å². The molecule has 0 spiro atoms. The Morgan fingerprint density at radius 1 is 0.706 bits per heavy atom. The molecule has 0 unspecified atom stereocenters. The van der Waals surface area contributed by atoms with E-state index in [2.05, 4.69) is 125 Å². The minimum Gasteiger partial charge on any atom is -1.00 e. The number of oxazole rings is 2. The summed E-state index contributed by atoms with van der Waals surface area (Å²) in [5, 5.41) is 0. The molecular weight excluding hydrogens is 747 g/mol. The Hall–Kier alpha value is -5.68. The van der Waals surface area contributed by atoms with Gasteiger partial charge in [0, 0.05) is 36.9 Å². The number of anilines is 2. The highest BCUT2D eigenvalue weighted by molar-refractivity contribution is 5.87. The second-order valence-electron chi connectivity index (χ2n) is 12.3. The van der Waals surface area contributed by atoms with E-state index in [9.17, 15) is 0 Å². The molecule has 0 amide bonds. The summed E-state index contributed by atoms with van der Waals surface area (Å²) in [5.74, 6) is 3.41. The number of aromatic nitrogens is 4. The molecule has 0 atom stereocenters. The molecule has 0 saturated carbocycles. The summed E-state index contributed by atoms with van der Waals surface area (Å²) < 4.78 is 16.9. The quantitative estimate of drug-likeness (QED) is 0.138. The molecule has 8 aromatic rings. The van der Waals surface area contributed by atoms with Crippen molar-refractivity contribution in [3.05, 3.63) is 139 Å². The van der Waals surface area contributed by atoms with Crippen LogP contribution < -0.4 is 38.3 Å². The lowest BCUT2D eigenvalue weighted by atomic mass is 10.1. The van der Waals surface area contributed by atoms with Gasteiger partial charge >= 0.3 is 0 Å². The van der Waals surface area contributed by atoms with Crippen molar-refractivity contribution in [1.82, 2.24) is 14.5 Å². The Morgan fingerprint density at radius 2 is 1.33 bits per heavy atom. The molecule has 1 aliphatic heterocycles. The highest BCUT2D eigenvalue weighted by Crippen LogP contribution is 2.43. The highest BCUT2D eigenvalue weighted by Gasteiger charge is 2.29. The van der Waals surface area contributed by atoms with E-state index < -0.39 is 0 Å². The van der Waals surface area contributed by atoms with Gasteiger partial charge in [-0.25, -0.2) is 14.5 Å². The summed E-state index contributed by atoms with van der Waals surface area (Å²) in [4.78, 5) is 14.1. The number of aryl methyl sites for hydroxylation is 1. The number of halogens is 1. The zero-order chi connectivity index (χ0) is 33.8. The Labute approximate surface area is 312 Å². The number of benzene rings is 5. The van der Waals surface area contributed by atoms with Crippen molar-refractivity contribution in [2.24, 2.45) is 0 Å². The molecule has 0 bridgehead atoms. The van der Waals surface area contributed by atoms with Gasteiger partial charge in [-0.15, -0.1) is 0 Å². The lowest BCUT2D eigenvalue weighted by molar-refractivity contribution is -0.670. The largest absolute Gasteiger partial charge is 1.00 e. The SMILES string of the molecule is CCN1/C(=C/C=C/c2n(-c3ccccc3)c3ccc(-c4nc5ccccc5o4)cc3[n+]2CC)N(C)c2ccc(-c3nc4ccccc4o3)cc21.[I-]. The number of fused-ring (bicyclic) bond motifs is 4. The first-order chi connectivity index (χ1) is 24.6. The third-order valence-corrected chi connectivity index (χ3v) is 9.48. The standard InChI is InChI=1S/C42H35N6O2.HI/c1-4-46-35-26-28(41-43-31-16-9-11-18-37(31)49-41)22-24-33(35)45(3)39(46)20-13-21-40-47(5-2)36-27-29(42-44-32-17-10-12-19-38(32)50-42)23-25-34(36)48(40)30-14-7-6-8-15-30;/h6-27H,4-5H2,1-3H3;1H/q+1;/p-1. The summed E-state index contributed by atoms with van der Waals surface area (Å²) in [6, 6.07) is 39.2. The van der Waals surface area contributed by atoms with Gasteiger partial charge in [0.25, 0.3) is 5.82 Å². The van der Waals surface area contributed by atoms with Crippen LogP contribution >= 0.6 is 0 Å². The summed E-state index contributed by atoms with van der Waals surface area (Å²) in [5.41, 5.74) is 10.8. The summed E-state index contributed by atoms with van der Waals surface area (Å²) in [6.07, 6.45) is 6.56. The first kappa shape index (κ1) is 32.5. The maximum absolute atomic E-state index is 6.16. The van der Waals surface area contributed by atoms with Crippen LogP contribution in [-0.4, -0.2) is 28.1 Å². The molecule has 1 aliphatic rings. The van der Waals surface area contributed by atoms with Gasteiger partial charge in [-0.3, -0.25) is 0 Å². The van der Waals surface area contributed by atoms with Gasteiger partial charge in [0.1, 0.15) is 22.5 Å². The first-order valence-corrected chi connectivity index (χ1v) is 17.0. The van der Waals surface area contributed by atoms with Crippen LogP contribution in [0.25, 0.3) is 67.9 Å². The van der Waals surface area contributed by atoms with Crippen LogP contribution in [0.2, 0.25) is 0 Å². The number of nitrogens with zero attached hydrogens (tertiary/aromatic N) is 6. The van der Waals surface area contributed by atoms with E-state index in [0.717, 1.165) is 86.2 Å². The molecule has 4 heterocycles. The molecule has 0 saturated heterocycles. The monoisotopic (exact) mass is 782 g/mol. The van der Waals surface area contributed by atoms with Crippen LogP contribution in [0.4, 0.5) is 11.4 Å². The third kappa shape index (κ3) is 5.48. The van der Waals surface area contributed by atoms with Crippen molar-refractivity contribution in [2.45, 2.75) is 20.4 Å². The van der Waals surface area contributed by atoms with Gasteiger partial charge in [-0.2, -0.15) is 4.57 Å². The smallest absolute Gasteiger partial charge is 0.287 e. The van der Waals surface area contributed by atoms with Crippen molar-refractivity contribution < 1.29 is 37.4 Å². The summed E-state index contributed by atoms with van der Waals surface area (Å²) >= 11 is 0. The topological polar surface area (TPSA) is 67.4 Å². The number of allylic oxidation sites excluding steroid dienone is 2. The molecule has 0 N–H and O–H groups in total. The number of hydrogen-bond acceptors (Lipinski definition) is 6. The zero-order valence-corrected chi connectivity index (χ0v) is 30.7. The molecule has 8 nitrogen and oxygen atoms in total. The average Bonchev–Trinajstić information content (AvgIpc) is 3.92. The Kier molecular flexibility index (Phi) is 8.43. The molecule has 252 valence electrons. The Morgan fingerprint density at radius 3 is 1.98 bits per heavy atom. The predicted octanol–water partition coefficient (Wildman–Crippen LogP) is 6.39. The van der Waals surface area contributed by atoms with Crippen molar-refractivity contribution in [3.8, 4) is 28.6 Å². The van der Waals surface area contributed by atoms with Crippen molar-refractivity contribution >= 4 is 50.7 Å². The fraction of sp³-hybridized carbons (Fsp3) is 0.119. The molecule has 5 aromatic carbocycles. The van der Waals surface area contributed by atoms with Gasteiger partial charge in [0.2, 0.25) is 11.8 Å². The summed E-state index contributed by atoms with van der Waals surface area (Å²) in [6.45, 7) is 5.96. The average molecular weight is 783 g/mol. The zero-order valence-electron chi connectivity index (χ0n) is 28.5. The van der Waals surface area contributed by atoms with Crippen molar-refractivity contribution in [2.75, 3.05) is 23.4 Å². The Bertz CT molecular complexity index is 2550. The van der Waals surface area contributed by atoms with Gasteiger partial charge in [0.15, 0.2) is 22.2 Å². The lowest BCUT2D eigenvalue weighted by Crippen LogP contribution is -3.00. The summed E-state index contributed by atoms with van der Waals surface area (Å²) in [7, 11) is 2.12. The van der Waals surface area contributed by atoms with Crippen LogP contribution in [0.1, 0.15) is 19.7 Å². The maximum Gasteiger partial charge on any atom is 0.287 e. The predicted molar refractivity (Wildman–Crippen MR) is 200 cm³/mol. The fourth-order valence-corrected chi connectivity index (χ4v) is 7.10. The van der Waals surface area contributed by atoms with Gasteiger partial charge in [-0.05, 0) is 86.7 Å². The molecular formula is C42H35IN6O2. The molecule has 51 heavy (non-hydrogen) atoms. The number of para-hydroxylation sites is 5. The molecule has 0 fully saturated rings. The Balaban J connectivity index is 0.00000374. The third-order valence-electron chi connectivity index (χ3n) is 9.48. The van der Waals surface area contributed by atoms with Crippen LogP contribution in [-0.2, 0) is 6.54 Å². The number of hydrogen-bond donors (Lipinski definition) is 0. The fourth-order valence-electron chi connectivity index (χ4n) is 7.10. The van der Waals surface area contributed by atoms with E-state index in [1.807, 2.05) is 48.5 Å². The molecule has 0 radical (unpaired) electrons. The van der Waals surface area contributed by atoms with Crippen molar-refractivity contribution in [1.29, 1.82) is 0 Å². The van der Waals surface area contributed by atoms with Crippen LogP contribution in [0, 0.1) is 0 Å². The molecule has 9 heteroatoms. The van der Waals surface area contributed by atoms with E-state index in [4.69, 9.17) is 18.8 Å². The minimum atomic E-state index is 0. The van der Waals surface area contributed by atoms with E-state index in [1.54, 1.807) is 0 Å². The first-order valence-electron chi connectivity index (χ1n) is 17.0. The maximum atomic E-state index is 6.16. The molecule has 0 aliphatic carbocycles. The van der Waals surface area contributed by atoms with E-state index in [1.165, 1.54) is 0 Å². The van der Waals surface area contributed by atoms with Crippen LogP contribution in [0.5, 0.6) is 0 Å². The second kappa shape index (κ2) is 13.2. The normalized spacial score (nSPS) is 13.7. The van der Waals surface area contributed by atoms with Gasteiger partial charge in [-0.1, -0.05) is 48.5 Å². The van der Waals surface area contributed by atoms with Gasteiger partial charge in [0.05, 0.1) is 17.9 Å². The molecule has 3 aromatic heterocycles. The van der Waals surface area contributed by atoms with Crippen LogP contribution in [0.3, 0.4) is 0 Å². The van der Waals surface area contributed by atoms with E-state index >= 15 is 0 Å². The number of imidazole rings is 1.